The highest BCUT2D eigenvalue weighted by Crippen LogP contribution is 2.27. The predicted octanol–water partition coefficient (Wildman–Crippen LogP) is 5.22. The van der Waals surface area contributed by atoms with Crippen LogP contribution in [0.1, 0.15) is 5.56 Å². The van der Waals surface area contributed by atoms with Crippen LogP contribution >= 0.6 is 35.6 Å². The van der Waals surface area contributed by atoms with Crippen LogP contribution in [0.25, 0.3) is 0 Å². The number of hydrogen-bond acceptors (Lipinski definition) is 4. The number of halogens is 3. The Morgan fingerprint density at radius 2 is 2.03 bits per heavy atom. The Bertz CT molecular complexity index is 1000. The number of nitrogens with one attached hydrogen (secondary N) is 1. The molecule has 2 aromatic carbocycles. The molecule has 29 heavy (non-hydrogen) atoms. The molecule has 0 aliphatic rings. The summed E-state index contributed by atoms with van der Waals surface area (Å²) < 4.78 is 24.1. The van der Waals surface area contributed by atoms with Crippen molar-refractivity contribution in [3.05, 3.63) is 77.2 Å². The van der Waals surface area contributed by atoms with Crippen molar-refractivity contribution in [2.75, 3.05) is 12.4 Å². The van der Waals surface area contributed by atoms with Crippen LogP contribution in [0.4, 0.5) is 10.1 Å². The second-order valence-corrected chi connectivity index (χ2v) is 6.11. The maximum atomic E-state index is 13.3. The summed E-state index contributed by atoms with van der Waals surface area (Å²) in [5, 5.41) is 3.41. The van der Waals surface area contributed by atoms with Crippen LogP contribution in [-0.2, 0) is 6.54 Å². The highest BCUT2D eigenvalue weighted by Gasteiger charge is 2.07. The third kappa shape index (κ3) is 6.47. The summed E-state index contributed by atoms with van der Waals surface area (Å²) in [6.45, 7) is 0.223. The van der Waals surface area contributed by atoms with Crippen LogP contribution in [0, 0.1) is 5.82 Å². The number of aromatic nitrogens is 1. The van der Waals surface area contributed by atoms with Crippen molar-refractivity contribution in [2.24, 2.45) is 10.7 Å². The van der Waals surface area contributed by atoms with Crippen LogP contribution in [-0.4, -0.2) is 18.1 Å². The van der Waals surface area contributed by atoms with E-state index in [4.69, 9.17) is 26.8 Å². The summed E-state index contributed by atoms with van der Waals surface area (Å²) in [5.41, 5.74) is 7.32. The summed E-state index contributed by atoms with van der Waals surface area (Å²) in [4.78, 5) is 8.49. The molecule has 0 aliphatic carbocycles. The minimum absolute atomic E-state index is 0. The number of rotatable bonds is 6. The number of pyridine rings is 1. The van der Waals surface area contributed by atoms with Gasteiger partial charge >= 0.3 is 0 Å². The Labute approximate surface area is 189 Å². The molecule has 1 aromatic heterocycles. The molecule has 0 aliphatic heterocycles. The molecule has 3 rings (SSSR count). The zero-order valence-corrected chi connectivity index (χ0v) is 18.5. The van der Waals surface area contributed by atoms with Gasteiger partial charge in [-0.15, -0.1) is 24.0 Å². The molecule has 0 unspecified atom stereocenters. The monoisotopic (exact) mass is 528 g/mol. The van der Waals surface area contributed by atoms with Crippen molar-refractivity contribution >= 4 is 47.2 Å². The van der Waals surface area contributed by atoms with Crippen molar-refractivity contribution in [1.29, 1.82) is 0 Å². The standard InChI is InChI=1S/C20H18ClFN4O2.HI/c1-27-18-8-7-15(11-17(18)21)26-20(23)25-12-13-4-3-9-24-19(13)28-16-6-2-5-14(22)10-16;/h2-11H,12H2,1H3,(H3,23,25,26);1H. The molecule has 0 spiro atoms. The summed E-state index contributed by atoms with van der Waals surface area (Å²) in [5.74, 6) is 1.05. The fraction of sp³-hybridized carbons (Fsp3) is 0.100. The molecule has 1 heterocycles. The molecule has 0 atom stereocenters. The van der Waals surface area contributed by atoms with Gasteiger partial charge in [0, 0.05) is 23.5 Å². The van der Waals surface area contributed by atoms with Gasteiger partial charge in [0.2, 0.25) is 5.88 Å². The minimum atomic E-state index is -0.389. The Morgan fingerprint density at radius 3 is 2.76 bits per heavy atom. The smallest absolute Gasteiger partial charge is 0.224 e. The molecule has 0 radical (unpaired) electrons. The van der Waals surface area contributed by atoms with Gasteiger partial charge in [-0.1, -0.05) is 23.7 Å². The number of methoxy groups -OCH3 is 1. The van der Waals surface area contributed by atoms with E-state index in [1.54, 1.807) is 49.7 Å². The van der Waals surface area contributed by atoms with Crippen molar-refractivity contribution < 1.29 is 13.9 Å². The highest BCUT2D eigenvalue weighted by molar-refractivity contribution is 14.0. The van der Waals surface area contributed by atoms with E-state index in [0.29, 0.717) is 33.7 Å². The van der Waals surface area contributed by atoms with E-state index in [-0.39, 0.29) is 42.3 Å². The lowest BCUT2D eigenvalue weighted by atomic mass is 10.2. The van der Waals surface area contributed by atoms with Gasteiger partial charge in [-0.3, -0.25) is 0 Å². The number of anilines is 1. The van der Waals surface area contributed by atoms with Gasteiger partial charge in [0.1, 0.15) is 17.3 Å². The predicted molar refractivity (Wildman–Crippen MR) is 123 cm³/mol. The fourth-order valence-corrected chi connectivity index (χ4v) is 2.64. The molecule has 0 amide bonds. The largest absolute Gasteiger partial charge is 0.495 e. The lowest BCUT2D eigenvalue weighted by Crippen LogP contribution is -2.22. The van der Waals surface area contributed by atoms with Crippen molar-refractivity contribution in [2.45, 2.75) is 6.54 Å². The zero-order chi connectivity index (χ0) is 19.9. The first-order valence-electron chi connectivity index (χ1n) is 8.33. The summed E-state index contributed by atoms with van der Waals surface area (Å²) in [6.07, 6.45) is 1.59. The molecule has 0 bridgehead atoms. The van der Waals surface area contributed by atoms with Gasteiger partial charge < -0.3 is 20.5 Å². The molecule has 0 saturated carbocycles. The Hall–Kier alpha value is -2.59. The molecule has 3 N–H and O–H groups in total. The first kappa shape index (κ1) is 22.7. The van der Waals surface area contributed by atoms with Gasteiger partial charge in [0.25, 0.3) is 0 Å². The maximum absolute atomic E-state index is 13.3. The van der Waals surface area contributed by atoms with E-state index in [2.05, 4.69) is 15.3 Å². The molecular formula is C20H19ClFIN4O2. The van der Waals surface area contributed by atoms with Crippen LogP contribution in [0.15, 0.2) is 65.8 Å². The van der Waals surface area contributed by atoms with Gasteiger partial charge in [-0.2, -0.15) is 0 Å². The van der Waals surface area contributed by atoms with Crippen molar-refractivity contribution in [1.82, 2.24) is 4.98 Å². The second kappa shape index (κ2) is 10.8. The minimum Gasteiger partial charge on any atom is -0.495 e. The average Bonchev–Trinajstić information content (AvgIpc) is 2.67. The van der Waals surface area contributed by atoms with Gasteiger partial charge in [0.05, 0.1) is 18.7 Å². The Balaban J connectivity index is 0.00000300. The molecule has 6 nitrogen and oxygen atoms in total. The van der Waals surface area contributed by atoms with E-state index >= 15 is 0 Å². The normalized spacial score (nSPS) is 10.8. The van der Waals surface area contributed by atoms with Crippen LogP contribution < -0.4 is 20.5 Å². The number of aliphatic imine (C=N–C) groups is 1. The lowest BCUT2D eigenvalue weighted by molar-refractivity contribution is 0.415. The van der Waals surface area contributed by atoms with E-state index in [1.807, 2.05) is 6.07 Å². The van der Waals surface area contributed by atoms with Gasteiger partial charge in [-0.25, -0.2) is 14.4 Å². The summed E-state index contributed by atoms with van der Waals surface area (Å²) in [7, 11) is 1.54. The molecule has 9 heteroatoms. The summed E-state index contributed by atoms with van der Waals surface area (Å²) >= 11 is 6.10. The average molecular weight is 529 g/mol. The quantitative estimate of drug-likeness (QED) is 0.260. The van der Waals surface area contributed by atoms with E-state index in [0.717, 1.165) is 0 Å². The molecule has 0 saturated heterocycles. The number of nitrogens with two attached hydrogens (primary N) is 1. The number of nitrogens with zero attached hydrogens (tertiary/aromatic N) is 2. The number of benzene rings is 2. The molecule has 3 aromatic rings. The molecular weight excluding hydrogens is 510 g/mol. The number of ether oxygens (including phenoxy) is 2. The van der Waals surface area contributed by atoms with E-state index in [9.17, 15) is 4.39 Å². The van der Waals surface area contributed by atoms with Crippen molar-refractivity contribution in [3.8, 4) is 17.4 Å². The first-order valence-corrected chi connectivity index (χ1v) is 8.71. The Morgan fingerprint density at radius 1 is 1.21 bits per heavy atom. The third-order valence-corrected chi connectivity index (χ3v) is 4.00. The maximum Gasteiger partial charge on any atom is 0.224 e. The van der Waals surface area contributed by atoms with Gasteiger partial charge in [-0.05, 0) is 36.4 Å². The number of hydrogen-bond donors (Lipinski definition) is 2. The molecule has 152 valence electrons. The van der Waals surface area contributed by atoms with Crippen LogP contribution in [0.2, 0.25) is 5.02 Å². The highest BCUT2D eigenvalue weighted by atomic mass is 127. The Kier molecular flexibility index (Phi) is 8.47. The van der Waals surface area contributed by atoms with E-state index < -0.39 is 0 Å². The lowest BCUT2D eigenvalue weighted by Gasteiger charge is -2.10. The van der Waals surface area contributed by atoms with Gasteiger partial charge in [0.15, 0.2) is 5.96 Å². The number of guanidine groups is 1. The fourth-order valence-electron chi connectivity index (χ4n) is 2.38. The van der Waals surface area contributed by atoms with Crippen molar-refractivity contribution in [3.63, 3.8) is 0 Å². The topological polar surface area (TPSA) is 81.8 Å². The second-order valence-electron chi connectivity index (χ2n) is 5.70. The SMILES string of the molecule is COc1ccc(NC(N)=NCc2cccnc2Oc2cccc(F)c2)cc1Cl.I. The third-order valence-electron chi connectivity index (χ3n) is 3.70. The van der Waals surface area contributed by atoms with E-state index in [1.165, 1.54) is 12.1 Å². The zero-order valence-electron chi connectivity index (χ0n) is 15.4. The van der Waals surface area contributed by atoms with Crippen LogP contribution in [0.3, 0.4) is 0 Å². The first-order chi connectivity index (χ1) is 13.5. The summed E-state index contributed by atoms with van der Waals surface area (Å²) in [6, 6.07) is 14.6. The van der Waals surface area contributed by atoms with Crippen LogP contribution in [0.5, 0.6) is 17.4 Å². The molecule has 0 fully saturated rings.